The van der Waals surface area contributed by atoms with Crippen LogP contribution in [0.2, 0.25) is 0 Å². The van der Waals surface area contributed by atoms with Gasteiger partial charge in [0.1, 0.15) is 12.4 Å². The van der Waals surface area contributed by atoms with Crippen LogP contribution in [0, 0.1) is 20.8 Å². The van der Waals surface area contributed by atoms with E-state index in [1.807, 2.05) is 6.07 Å². The first-order valence-corrected chi connectivity index (χ1v) is 15.6. The number of rotatable bonds is 9. The van der Waals surface area contributed by atoms with Gasteiger partial charge >= 0.3 is 0 Å². The van der Waals surface area contributed by atoms with E-state index in [0.717, 1.165) is 11.9 Å². The molecule has 0 saturated carbocycles. The summed E-state index contributed by atoms with van der Waals surface area (Å²) >= 11 is 0. The van der Waals surface area contributed by atoms with Crippen LogP contribution in [-0.2, 0) is 12.8 Å². The first-order valence-electron chi connectivity index (χ1n) is 13.1. The van der Waals surface area contributed by atoms with Crippen molar-refractivity contribution in [2.75, 3.05) is 0 Å². The van der Waals surface area contributed by atoms with Crippen LogP contribution in [0.3, 0.4) is 0 Å². The normalized spacial score (nSPS) is 11.4. The first kappa shape index (κ1) is 26.4. The van der Waals surface area contributed by atoms with Crippen LogP contribution < -0.4 is 26.0 Å². The topological polar surface area (TPSA) is 9.23 Å². The molecule has 0 aliphatic carbocycles. The third-order valence-corrected chi connectivity index (χ3v) is 10.8. The molecule has 0 bridgehead atoms. The summed E-state index contributed by atoms with van der Waals surface area (Å²) < 4.78 is 6.49. The summed E-state index contributed by atoms with van der Waals surface area (Å²) in [5, 5.41) is 5.57. The van der Waals surface area contributed by atoms with Crippen molar-refractivity contribution in [1.82, 2.24) is 0 Å². The van der Waals surface area contributed by atoms with E-state index in [1.54, 1.807) is 0 Å². The summed E-state index contributed by atoms with van der Waals surface area (Å²) in [6.45, 7) is 7.19. The molecular weight excluding hydrogens is 498 g/mol. The summed E-state index contributed by atoms with van der Waals surface area (Å²) in [4.78, 5) is 0. The molecule has 0 saturated heterocycles. The van der Waals surface area contributed by atoms with Crippen molar-refractivity contribution in [3.8, 4) is 5.75 Å². The SMILES string of the molecule is Cc1cc(C)c(OCc2ccccc2)c(Pc2c(C)cccc2CP(c2ccccc2)c2ccccc2)c1. The van der Waals surface area contributed by atoms with Crippen molar-refractivity contribution in [3.63, 3.8) is 0 Å². The van der Waals surface area contributed by atoms with E-state index in [1.165, 1.54) is 49.0 Å². The molecule has 1 atom stereocenters. The second kappa shape index (κ2) is 12.5. The Labute approximate surface area is 230 Å². The van der Waals surface area contributed by atoms with Gasteiger partial charge in [-0.2, -0.15) is 0 Å². The Bertz CT molecular complexity index is 1440. The molecule has 1 nitrogen and oxygen atoms in total. The average Bonchev–Trinajstić information content (AvgIpc) is 2.94. The molecule has 0 fully saturated rings. The quantitative estimate of drug-likeness (QED) is 0.179. The number of hydrogen-bond acceptors (Lipinski definition) is 1. The largest absolute Gasteiger partial charge is 0.488 e. The summed E-state index contributed by atoms with van der Waals surface area (Å²) in [7, 11) is 0.0195. The lowest BCUT2D eigenvalue weighted by molar-refractivity contribution is 0.307. The molecule has 0 aliphatic heterocycles. The maximum atomic E-state index is 6.49. The van der Waals surface area contributed by atoms with Gasteiger partial charge in [0.15, 0.2) is 0 Å². The zero-order valence-electron chi connectivity index (χ0n) is 22.3. The van der Waals surface area contributed by atoms with E-state index in [-0.39, 0.29) is 0 Å². The van der Waals surface area contributed by atoms with Gasteiger partial charge < -0.3 is 4.74 Å². The number of aryl methyl sites for hydroxylation is 3. The van der Waals surface area contributed by atoms with Gasteiger partial charge in [0.2, 0.25) is 0 Å². The van der Waals surface area contributed by atoms with Gasteiger partial charge in [0.05, 0.1) is 0 Å². The lowest BCUT2D eigenvalue weighted by atomic mass is 10.1. The van der Waals surface area contributed by atoms with Crippen molar-refractivity contribution in [1.29, 1.82) is 0 Å². The molecule has 0 amide bonds. The number of benzene rings is 5. The minimum absolute atomic E-state index is 0.514. The second-order valence-electron chi connectivity index (χ2n) is 9.72. The van der Waals surface area contributed by atoms with Crippen LogP contribution in [0.1, 0.15) is 27.8 Å². The highest BCUT2D eigenvalue weighted by Crippen LogP contribution is 2.39. The van der Waals surface area contributed by atoms with E-state index in [4.69, 9.17) is 4.74 Å². The zero-order chi connectivity index (χ0) is 26.3. The van der Waals surface area contributed by atoms with Crippen LogP contribution >= 0.6 is 16.5 Å². The summed E-state index contributed by atoms with van der Waals surface area (Å²) in [6, 6.07) is 43.8. The zero-order valence-corrected chi connectivity index (χ0v) is 24.2. The minimum Gasteiger partial charge on any atom is -0.488 e. The van der Waals surface area contributed by atoms with E-state index in [2.05, 4.69) is 136 Å². The monoisotopic (exact) mass is 532 g/mol. The average molecular weight is 533 g/mol. The van der Waals surface area contributed by atoms with Crippen LogP contribution in [-0.4, -0.2) is 0 Å². The fraction of sp³-hybridized carbons (Fsp3) is 0.143. The summed E-state index contributed by atoms with van der Waals surface area (Å²) in [6.07, 6.45) is 1.03. The summed E-state index contributed by atoms with van der Waals surface area (Å²) in [5.74, 6) is 1.03. The molecule has 0 heterocycles. The predicted octanol–water partition coefficient (Wildman–Crippen LogP) is 7.45. The molecule has 5 aromatic carbocycles. The summed E-state index contributed by atoms with van der Waals surface area (Å²) in [5.41, 5.74) is 6.47. The first-order chi connectivity index (χ1) is 18.6. The van der Waals surface area contributed by atoms with Crippen molar-refractivity contribution in [3.05, 3.63) is 149 Å². The standard InChI is InChI=1S/C35H34OP2/c1-26-22-28(3)34(36-24-29-15-7-4-8-16-29)33(23-26)37-35-27(2)14-13-17-30(35)25-38(31-18-9-5-10-19-31)32-20-11-6-12-21-32/h4-23,37H,24-25H2,1-3H3. The van der Waals surface area contributed by atoms with Crippen LogP contribution in [0.4, 0.5) is 0 Å². The lowest BCUT2D eigenvalue weighted by Gasteiger charge is -2.22. The van der Waals surface area contributed by atoms with Gasteiger partial charge in [-0.05, 0) is 78.5 Å². The maximum absolute atomic E-state index is 6.49. The van der Waals surface area contributed by atoms with E-state index in [9.17, 15) is 0 Å². The van der Waals surface area contributed by atoms with Gasteiger partial charge in [-0.15, -0.1) is 0 Å². The molecule has 0 spiro atoms. The number of ether oxygens (including phenoxy) is 1. The third-order valence-electron chi connectivity index (χ3n) is 6.73. The molecule has 3 heteroatoms. The fourth-order valence-electron chi connectivity index (χ4n) is 4.86. The van der Waals surface area contributed by atoms with Crippen molar-refractivity contribution in [2.45, 2.75) is 33.5 Å². The van der Waals surface area contributed by atoms with Crippen molar-refractivity contribution < 1.29 is 4.74 Å². The van der Waals surface area contributed by atoms with Gasteiger partial charge in [0, 0.05) is 11.5 Å². The van der Waals surface area contributed by atoms with Crippen molar-refractivity contribution >= 4 is 37.7 Å². The third kappa shape index (κ3) is 6.42. The highest BCUT2D eigenvalue weighted by molar-refractivity contribution is 7.72. The van der Waals surface area contributed by atoms with Crippen LogP contribution in [0.15, 0.2) is 121 Å². The molecule has 38 heavy (non-hydrogen) atoms. The Hall–Kier alpha value is -3.24. The molecular formula is C35H34OP2. The maximum Gasteiger partial charge on any atom is 0.130 e. The highest BCUT2D eigenvalue weighted by atomic mass is 31.1. The molecule has 190 valence electrons. The smallest absolute Gasteiger partial charge is 0.130 e. The van der Waals surface area contributed by atoms with E-state index >= 15 is 0 Å². The van der Waals surface area contributed by atoms with Gasteiger partial charge in [-0.25, -0.2) is 0 Å². The Morgan fingerprint density at radius 2 is 1.24 bits per heavy atom. The van der Waals surface area contributed by atoms with Gasteiger partial charge in [-0.3, -0.25) is 0 Å². The number of hydrogen-bond donors (Lipinski definition) is 0. The second-order valence-corrected chi connectivity index (χ2v) is 13.2. The lowest BCUT2D eigenvalue weighted by Crippen LogP contribution is -2.19. The van der Waals surface area contributed by atoms with E-state index < -0.39 is 7.92 Å². The van der Waals surface area contributed by atoms with Gasteiger partial charge in [0.25, 0.3) is 0 Å². The fourth-order valence-corrected chi connectivity index (χ4v) is 8.91. The molecule has 5 rings (SSSR count). The molecule has 1 unspecified atom stereocenters. The van der Waals surface area contributed by atoms with Crippen LogP contribution in [0.25, 0.3) is 0 Å². The van der Waals surface area contributed by atoms with Gasteiger partial charge in [-0.1, -0.05) is 124 Å². The Morgan fingerprint density at radius 3 is 1.87 bits per heavy atom. The Morgan fingerprint density at radius 1 is 0.632 bits per heavy atom. The molecule has 0 aromatic heterocycles. The van der Waals surface area contributed by atoms with Crippen molar-refractivity contribution in [2.24, 2.45) is 0 Å². The van der Waals surface area contributed by atoms with Crippen LogP contribution in [0.5, 0.6) is 5.75 Å². The molecule has 0 N–H and O–H groups in total. The Balaban J connectivity index is 1.50. The molecule has 0 aliphatic rings. The predicted molar refractivity (Wildman–Crippen MR) is 168 cm³/mol. The highest BCUT2D eigenvalue weighted by Gasteiger charge is 2.19. The minimum atomic E-state index is -0.514. The Kier molecular flexibility index (Phi) is 8.70. The molecule has 0 radical (unpaired) electrons. The van der Waals surface area contributed by atoms with E-state index in [0.29, 0.717) is 15.2 Å². The molecule has 5 aromatic rings.